The number of aromatic nitrogens is 1. The number of nitrogen functional groups attached to an aromatic ring is 1. The summed E-state index contributed by atoms with van der Waals surface area (Å²) < 4.78 is 11.8. The molecule has 0 bridgehead atoms. The van der Waals surface area contributed by atoms with Gasteiger partial charge in [0.1, 0.15) is 5.75 Å². The lowest BCUT2D eigenvalue weighted by Crippen LogP contribution is -2.17. The summed E-state index contributed by atoms with van der Waals surface area (Å²) in [7, 11) is 1.66. The minimum atomic E-state index is 0.233. The van der Waals surface area contributed by atoms with Crippen LogP contribution in [0.3, 0.4) is 0 Å². The van der Waals surface area contributed by atoms with Gasteiger partial charge in [0, 0.05) is 16.5 Å². The average Bonchev–Trinajstić information content (AvgIpc) is 3.08. The van der Waals surface area contributed by atoms with E-state index >= 15 is 0 Å². The second kappa shape index (κ2) is 3.54. The fourth-order valence-electron chi connectivity index (χ4n) is 3.07. The highest BCUT2D eigenvalue weighted by Gasteiger charge is 2.50. The summed E-state index contributed by atoms with van der Waals surface area (Å²) >= 11 is 3.56. The van der Waals surface area contributed by atoms with E-state index < -0.39 is 0 Å². The maximum atomic E-state index is 5.92. The molecule has 1 spiro atoms. The van der Waals surface area contributed by atoms with Crippen LogP contribution >= 0.6 is 15.9 Å². The van der Waals surface area contributed by atoms with E-state index in [2.05, 4.69) is 27.2 Å². The molecule has 0 unspecified atom stereocenters. The first kappa shape index (κ1) is 11.3. The van der Waals surface area contributed by atoms with Crippen LogP contribution in [0.25, 0.3) is 11.3 Å². The molecule has 1 aromatic carbocycles. The number of anilines is 1. The number of nitrogens with zero attached hydrogens (tertiary/aromatic N) is 1. The Bertz CT molecular complexity index is 689. The summed E-state index contributed by atoms with van der Waals surface area (Å²) in [5.74, 6) is 2.13. The molecule has 4 rings (SSSR count). The third-order valence-corrected chi connectivity index (χ3v) is 4.91. The van der Waals surface area contributed by atoms with Gasteiger partial charge in [-0.3, -0.25) is 0 Å². The number of ether oxygens (including phenoxy) is 1. The molecule has 0 saturated heterocycles. The van der Waals surface area contributed by atoms with Crippen LogP contribution in [0.1, 0.15) is 24.0 Å². The molecule has 4 nitrogen and oxygen atoms in total. The van der Waals surface area contributed by atoms with E-state index in [1.165, 1.54) is 18.4 Å². The van der Waals surface area contributed by atoms with E-state index in [1.54, 1.807) is 7.11 Å². The van der Waals surface area contributed by atoms with E-state index in [0.717, 1.165) is 33.5 Å². The topological polar surface area (TPSA) is 61.3 Å². The molecule has 1 fully saturated rings. The first-order valence-corrected chi connectivity index (χ1v) is 7.06. The predicted molar refractivity (Wildman–Crippen MR) is 75.2 cm³/mol. The maximum Gasteiger partial charge on any atom is 0.172 e. The van der Waals surface area contributed by atoms with E-state index in [1.807, 2.05) is 6.07 Å². The van der Waals surface area contributed by atoms with Crippen molar-refractivity contribution in [3.63, 3.8) is 0 Å². The van der Waals surface area contributed by atoms with Gasteiger partial charge in [0.05, 0.1) is 11.6 Å². The Morgan fingerprint density at radius 2 is 2.21 bits per heavy atom. The summed E-state index contributed by atoms with van der Waals surface area (Å²) in [6.45, 7) is 0. The molecule has 0 aliphatic heterocycles. The molecular formula is C14H13BrN2O2. The molecular weight excluding hydrogens is 308 g/mol. The smallest absolute Gasteiger partial charge is 0.172 e. The van der Waals surface area contributed by atoms with Gasteiger partial charge in [-0.25, -0.2) is 0 Å². The highest BCUT2D eigenvalue weighted by atomic mass is 79.9. The Labute approximate surface area is 119 Å². The summed E-state index contributed by atoms with van der Waals surface area (Å²) in [5, 5.41) is 3.92. The largest absolute Gasteiger partial charge is 0.496 e. The van der Waals surface area contributed by atoms with Crippen LogP contribution in [0, 0.1) is 0 Å². The number of nitrogens with two attached hydrogens (primary N) is 1. The Morgan fingerprint density at radius 3 is 2.89 bits per heavy atom. The van der Waals surface area contributed by atoms with Crippen molar-refractivity contribution in [2.45, 2.75) is 24.7 Å². The molecule has 1 saturated carbocycles. The zero-order valence-electron chi connectivity index (χ0n) is 10.5. The molecule has 5 heteroatoms. The number of hydrogen-bond acceptors (Lipinski definition) is 4. The minimum Gasteiger partial charge on any atom is -0.496 e. The summed E-state index contributed by atoms with van der Waals surface area (Å²) in [6.07, 6.45) is 3.33. The second-order valence-electron chi connectivity index (χ2n) is 5.36. The molecule has 0 radical (unpaired) electrons. The van der Waals surface area contributed by atoms with Crippen LogP contribution in [0.4, 0.5) is 5.82 Å². The first-order chi connectivity index (χ1) is 9.14. The average molecular weight is 321 g/mol. The monoisotopic (exact) mass is 320 g/mol. The van der Waals surface area contributed by atoms with E-state index in [4.69, 9.17) is 15.0 Å². The van der Waals surface area contributed by atoms with Gasteiger partial charge < -0.3 is 15.0 Å². The van der Waals surface area contributed by atoms with Crippen molar-refractivity contribution in [1.29, 1.82) is 0 Å². The molecule has 0 atom stereocenters. The lowest BCUT2D eigenvalue weighted by atomic mass is 9.79. The Balaban J connectivity index is 2.03. The Kier molecular flexibility index (Phi) is 2.11. The Hall–Kier alpha value is -1.49. The van der Waals surface area contributed by atoms with Gasteiger partial charge in [0.25, 0.3) is 0 Å². The van der Waals surface area contributed by atoms with Crippen LogP contribution in [-0.2, 0) is 11.8 Å². The highest BCUT2D eigenvalue weighted by molar-refractivity contribution is 9.10. The van der Waals surface area contributed by atoms with Crippen LogP contribution < -0.4 is 10.5 Å². The Morgan fingerprint density at radius 1 is 1.42 bits per heavy atom. The maximum absolute atomic E-state index is 5.92. The van der Waals surface area contributed by atoms with Crippen molar-refractivity contribution >= 4 is 21.7 Å². The first-order valence-electron chi connectivity index (χ1n) is 6.27. The summed E-state index contributed by atoms with van der Waals surface area (Å²) in [4.78, 5) is 0. The second-order valence-corrected chi connectivity index (χ2v) is 6.22. The van der Waals surface area contributed by atoms with Gasteiger partial charge in [0.15, 0.2) is 11.6 Å². The molecule has 2 aliphatic carbocycles. The molecule has 2 aliphatic rings. The van der Waals surface area contributed by atoms with Crippen molar-refractivity contribution in [3.8, 4) is 17.1 Å². The molecule has 1 aromatic heterocycles. The molecule has 19 heavy (non-hydrogen) atoms. The van der Waals surface area contributed by atoms with Gasteiger partial charge in [-0.2, -0.15) is 0 Å². The normalized spacial score (nSPS) is 18.0. The standard InChI is InChI=1S/C14H13BrN2O2/c1-18-11-4-7-9(5-10(11)15)14(2-3-14)6-8-12(7)19-17-13(8)16/h4-5H,2-3,6H2,1H3,(H2,16,17). The number of rotatable bonds is 1. The van der Waals surface area contributed by atoms with E-state index in [9.17, 15) is 0 Å². The zero-order chi connectivity index (χ0) is 13.2. The fraction of sp³-hybridized carbons (Fsp3) is 0.357. The number of methoxy groups -OCH3 is 1. The predicted octanol–water partition coefficient (Wildman–Crippen LogP) is 3.28. The van der Waals surface area contributed by atoms with Gasteiger partial charge in [0.2, 0.25) is 0 Å². The summed E-state index contributed by atoms with van der Waals surface area (Å²) in [5.41, 5.74) is 9.60. The van der Waals surface area contributed by atoms with Gasteiger partial charge in [-0.15, -0.1) is 0 Å². The van der Waals surface area contributed by atoms with Gasteiger partial charge in [-0.05, 0) is 52.9 Å². The highest BCUT2D eigenvalue weighted by Crippen LogP contribution is 2.59. The summed E-state index contributed by atoms with van der Waals surface area (Å²) in [6, 6.07) is 4.17. The van der Waals surface area contributed by atoms with Crippen molar-refractivity contribution in [2.75, 3.05) is 12.8 Å². The molecule has 98 valence electrons. The third-order valence-electron chi connectivity index (χ3n) is 4.30. The van der Waals surface area contributed by atoms with Gasteiger partial charge >= 0.3 is 0 Å². The van der Waals surface area contributed by atoms with Gasteiger partial charge in [-0.1, -0.05) is 5.16 Å². The van der Waals surface area contributed by atoms with Crippen molar-refractivity contribution in [3.05, 3.63) is 27.7 Å². The molecule has 1 heterocycles. The fourth-order valence-corrected chi connectivity index (χ4v) is 3.58. The number of hydrogen-bond donors (Lipinski definition) is 1. The van der Waals surface area contributed by atoms with E-state index in [0.29, 0.717) is 5.82 Å². The lowest BCUT2D eigenvalue weighted by molar-refractivity contribution is 0.409. The van der Waals surface area contributed by atoms with Crippen molar-refractivity contribution in [2.24, 2.45) is 0 Å². The van der Waals surface area contributed by atoms with Crippen molar-refractivity contribution < 1.29 is 9.26 Å². The number of fused-ring (bicyclic) bond motifs is 4. The van der Waals surface area contributed by atoms with Crippen LogP contribution in [-0.4, -0.2) is 12.3 Å². The van der Waals surface area contributed by atoms with Crippen molar-refractivity contribution in [1.82, 2.24) is 5.16 Å². The van der Waals surface area contributed by atoms with Crippen LogP contribution in [0.2, 0.25) is 0 Å². The molecule has 0 amide bonds. The number of halogens is 1. The number of benzene rings is 1. The molecule has 2 N–H and O–H groups in total. The third kappa shape index (κ3) is 1.42. The quantitative estimate of drug-likeness (QED) is 0.875. The minimum absolute atomic E-state index is 0.233. The lowest BCUT2D eigenvalue weighted by Gasteiger charge is -2.25. The zero-order valence-corrected chi connectivity index (χ0v) is 12.1. The van der Waals surface area contributed by atoms with E-state index in [-0.39, 0.29) is 5.41 Å². The SMILES string of the molecule is COc1cc2c(cc1Br)C1(CC1)Cc1c(N)noc1-2. The van der Waals surface area contributed by atoms with Crippen LogP contribution in [0.5, 0.6) is 5.75 Å². The van der Waals surface area contributed by atoms with Crippen LogP contribution in [0.15, 0.2) is 21.1 Å². The molecule has 2 aromatic rings.